The number of aromatic nitrogens is 2. The molecule has 1 aliphatic heterocycles. The molecule has 2 aromatic rings. The number of hydrazine groups is 1. The second-order valence-corrected chi connectivity index (χ2v) is 6.95. The second-order valence-electron chi connectivity index (χ2n) is 6.95. The highest BCUT2D eigenvalue weighted by Gasteiger charge is 2.15. The molecule has 8 heteroatoms. The number of anilines is 3. The van der Waals surface area contributed by atoms with Crippen molar-refractivity contribution in [2.75, 3.05) is 51.5 Å². The fraction of sp³-hybridized carbons (Fsp3) is 0.400. The van der Waals surface area contributed by atoms with Gasteiger partial charge in [-0.25, -0.2) is 10.8 Å². The smallest absolute Gasteiger partial charge is 0.229 e. The third-order valence-corrected chi connectivity index (χ3v) is 4.73. The molecule has 0 atom stereocenters. The number of likely N-dealkylation sites (N-methyl/N-ethyl adjacent to an activating group) is 1. The van der Waals surface area contributed by atoms with E-state index in [1.807, 2.05) is 37.2 Å². The summed E-state index contributed by atoms with van der Waals surface area (Å²) in [6.07, 6.45) is 2.89. The highest BCUT2D eigenvalue weighted by Crippen LogP contribution is 2.26. The monoisotopic (exact) mass is 383 g/mol. The zero-order valence-corrected chi connectivity index (χ0v) is 17.0. The van der Waals surface area contributed by atoms with Crippen molar-refractivity contribution >= 4 is 17.5 Å². The maximum atomic E-state index is 6.12. The first-order valence-corrected chi connectivity index (χ1v) is 9.35. The van der Waals surface area contributed by atoms with Crippen molar-refractivity contribution in [2.24, 2.45) is 5.84 Å². The fourth-order valence-corrected chi connectivity index (χ4v) is 3.18. The molecule has 1 fully saturated rings. The Bertz CT molecular complexity index is 852. The number of hydrogen-bond acceptors (Lipinski definition) is 8. The van der Waals surface area contributed by atoms with Crippen LogP contribution < -0.4 is 21.2 Å². The number of methoxy groups -OCH3 is 1. The van der Waals surface area contributed by atoms with Crippen LogP contribution in [0.2, 0.25) is 0 Å². The van der Waals surface area contributed by atoms with Crippen LogP contribution in [0.25, 0.3) is 0 Å². The van der Waals surface area contributed by atoms with E-state index in [-0.39, 0.29) is 0 Å². The van der Waals surface area contributed by atoms with Gasteiger partial charge in [-0.2, -0.15) is 4.98 Å². The molecule has 8 nitrogen and oxygen atoms in total. The van der Waals surface area contributed by atoms with Gasteiger partial charge in [-0.1, -0.05) is 6.08 Å². The number of allylic oxidation sites excluding steroid dienone is 1. The zero-order valence-electron chi connectivity index (χ0n) is 17.0. The summed E-state index contributed by atoms with van der Waals surface area (Å²) in [7, 11) is 5.63. The lowest BCUT2D eigenvalue weighted by Crippen LogP contribution is -2.46. The first-order chi connectivity index (χ1) is 13.5. The Balaban J connectivity index is 1.81. The minimum Gasteiger partial charge on any atom is -0.496 e. The second kappa shape index (κ2) is 8.90. The Morgan fingerprint density at radius 2 is 2.07 bits per heavy atom. The number of benzene rings is 1. The van der Waals surface area contributed by atoms with Gasteiger partial charge < -0.3 is 20.4 Å². The number of nitrogens with two attached hydrogens (primary N) is 1. The largest absolute Gasteiger partial charge is 0.496 e. The molecule has 0 unspecified atom stereocenters. The molecule has 1 aromatic heterocycles. The van der Waals surface area contributed by atoms with Crippen LogP contribution in [0.3, 0.4) is 0 Å². The summed E-state index contributed by atoms with van der Waals surface area (Å²) < 4.78 is 5.54. The van der Waals surface area contributed by atoms with E-state index < -0.39 is 0 Å². The van der Waals surface area contributed by atoms with Gasteiger partial charge in [0.2, 0.25) is 5.95 Å². The summed E-state index contributed by atoms with van der Waals surface area (Å²) in [5, 5.41) is 8.16. The van der Waals surface area contributed by atoms with Gasteiger partial charge in [-0.15, -0.1) is 0 Å². The number of piperazine rings is 1. The summed E-state index contributed by atoms with van der Waals surface area (Å²) >= 11 is 0. The lowest BCUT2D eigenvalue weighted by Gasteiger charge is -2.33. The highest BCUT2D eigenvalue weighted by atomic mass is 16.5. The van der Waals surface area contributed by atoms with E-state index in [2.05, 4.69) is 44.7 Å². The number of ether oxygens (including phenoxy) is 1. The molecule has 0 aliphatic carbocycles. The molecule has 0 radical (unpaired) electrons. The van der Waals surface area contributed by atoms with Gasteiger partial charge in [0.05, 0.1) is 7.11 Å². The number of aryl methyl sites for hydroxylation is 1. The molecule has 150 valence electrons. The predicted molar refractivity (Wildman–Crippen MR) is 113 cm³/mol. The summed E-state index contributed by atoms with van der Waals surface area (Å²) in [5.74, 6) is 8.30. The van der Waals surface area contributed by atoms with E-state index in [0.29, 0.717) is 5.95 Å². The molecule has 0 bridgehead atoms. The van der Waals surface area contributed by atoms with Gasteiger partial charge in [-0.05, 0) is 44.2 Å². The molecule has 2 heterocycles. The van der Waals surface area contributed by atoms with E-state index in [0.717, 1.165) is 60.3 Å². The van der Waals surface area contributed by atoms with E-state index in [4.69, 9.17) is 10.6 Å². The van der Waals surface area contributed by atoms with Crippen molar-refractivity contribution in [3.05, 3.63) is 47.3 Å². The van der Waals surface area contributed by atoms with E-state index in [9.17, 15) is 0 Å². The Labute approximate surface area is 166 Å². The van der Waals surface area contributed by atoms with E-state index in [1.54, 1.807) is 7.11 Å². The van der Waals surface area contributed by atoms with Crippen molar-refractivity contribution in [3.8, 4) is 5.75 Å². The summed E-state index contributed by atoms with van der Waals surface area (Å²) in [4.78, 5) is 11.2. The number of nitrogens with one attached hydrogen (secondary N) is 2. The molecule has 0 spiro atoms. The molecular weight excluding hydrogens is 354 g/mol. The third kappa shape index (κ3) is 4.90. The van der Waals surface area contributed by atoms with Gasteiger partial charge in [0.25, 0.3) is 0 Å². The Hall–Kier alpha value is -2.84. The van der Waals surface area contributed by atoms with Crippen LogP contribution in [-0.2, 0) is 6.42 Å². The van der Waals surface area contributed by atoms with Crippen LogP contribution in [0, 0.1) is 6.92 Å². The minimum atomic E-state index is 0.556. The molecule has 3 rings (SSSR count). The van der Waals surface area contributed by atoms with Crippen molar-refractivity contribution in [2.45, 2.75) is 13.3 Å². The van der Waals surface area contributed by atoms with Crippen LogP contribution >= 0.6 is 0 Å². The van der Waals surface area contributed by atoms with Crippen LogP contribution in [-0.4, -0.2) is 60.7 Å². The molecule has 1 saturated heterocycles. The fourth-order valence-electron chi connectivity index (χ4n) is 3.18. The quantitative estimate of drug-likeness (QED) is 0.654. The molecule has 28 heavy (non-hydrogen) atoms. The summed E-state index contributed by atoms with van der Waals surface area (Å²) in [6.45, 7) is 4.60. The first kappa shape index (κ1) is 19.9. The van der Waals surface area contributed by atoms with Gasteiger partial charge in [0, 0.05) is 49.8 Å². The SMILES string of the molecule is CNc1cc(C)nc(Nc2ccc(OC)c(C/C=C3/CN(C)CCN3N)c2)n1. The third-order valence-electron chi connectivity index (χ3n) is 4.73. The Morgan fingerprint density at radius 3 is 2.82 bits per heavy atom. The van der Waals surface area contributed by atoms with Gasteiger partial charge in [0.15, 0.2) is 0 Å². The number of rotatable bonds is 6. The molecular formula is C20H29N7O. The molecule has 0 amide bonds. The average Bonchev–Trinajstić information content (AvgIpc) is 2.68. The van der Waals surface area contributed by atoms with Gasteiger partial charge >= 0.3 is 0 Å². The van der Waals surface area contributed by atoms with Crippen molar-refractivity contribution in [1.29, 1.82) is 0 Å². The lowest BCUT2D eigenvalue weighted by atomic mass is 10.1. The molecule has 4 N–H and O–H groups in total. The first-order valence-electron chi connectivity index (χ1n) is 9.35. The van der Waals surface area contributed by atoms with Gasteiger partial charge in [-0.3, -0.25) is 4.90 Å². The molecule has 0 saturated carbocycles. The maximum Gasteiger partial charge on any atom is 0.229 e. The van der Waals surface area contributed by atoms with Gasteiger partial charge in [0.1, 0.15) is 11.6 Å². The number of nitrogens with zero attached hydrogens (tertiary/aromatic N) is 4. The van der Waals surface area contributed by atoms with Crippen LogP contribution in [0.1, 0.15) is 11.3 Å². The van der Waals surface area contributed by atoms with E-state index in [1.165, 1.54) is 0 Å². The van der Waals surface area contributed by atoms with Crippen LogP contribution in [0.5, 0.6) is 5.75 Å². The van der Waals surface area contributed by atoms with Crippen LogP contribution in [0.4, 0.5) is 17.5 Å². The number of hydrogen-bond donors (Lipinski definition) is 3. The topological polar surface area (TPSA) is 91.6 Å². The van der Waals surface area contributed by atoms with Crippen LogP contribution in [0.15, 0.2) is 36.0 Å². The van der Waals surface area contributed by atoms with Crippen molar-refractivity contribution < 1.29 is 4.74 Å². The minimum absolute atomic E-state index is 0.556. The summed E-state index contributed by atoms with van der Waals surface area (Å²) in [5.41, 5.74) is 4.00. The average molecular weight is 384 g/mol. The molecule has 1 aliphatic rings. The Kier molecular flexibility index (Phi) is 6.33. The normalized spacial score (nSPS) is 16.3. The Morgan fingerprint density at radius 1 is 1.25 bits per heavy atom. The zero-order chi connectivity index (χ0) is 20.1. The highest BCUT2D eigenvalue weighted by molar-refractivity contribution is 5.59. The standard InChI is InChI=1S/C20H29N7O/c1-14-11-19(22-2)25-20(23-14)24-16-6-8-18(28-4)15(12-16)5-7-17-13-26(3)9-10-27(17)21/h6-8,11-12H,5,9-10,13,21H2,1-4H3,(H2,22,23,24,25)/b17-7-. The predicted octanol–water partition coefficient (Wildman–Crippen LogP) is 2.13. The maximum absolute atomic E-state index is 6.12. The summed E-state index contributed by atoms with van der Waals surface area (Å²) in [6, 6.07) is 7.88. The van der Waals surface area contributed by atoms with E-state index >= 15 is 0 Å². The van der Waals surface area contributed by atoms with Crippen molar-refractivity contribution in [3.63, 3.8) is 0 Å². The van der Waals surface area contributed by atoms with Crippen molar-refractivity contribution in [1.82, 2.24) is 19.9 Å². The lowest BCUT2D eigenvalue weighted by molar-refractivity contribution is 0.205. The molecule has 1 aromatic carbocycles.